The number of hydrogen-bond donors (Lipinski definition) is 2. The Hall–Kier alpha value is -2.37. The average molecular weight is 288 g/mol. The number of nitrogen functional groups attached to an aromatic ring is 1. The van der Waals surface area contributed by atoms with Gasteiger partial charge in [0.05, 0.1) is 0 Å². The summed E-state index contributed by atoms with van der Waals surface area (Å²) >= 11 is 0. The second kappa shape index (κ2) is 5.95. The Morgan fingerprint density at radius 1 is 1.24 bits per heavy atom. The number of carbonyl (C=O) groups excluding carboxylic acids is 1. The molecule has 3 N–H and O–H groups in total. The molecule has 0 spiro atoms. The number of amides is 1. The summed E-state index contributed by atoms with van der Waals surface area (Å²) in [5, 5.41) is 10.1. The second-order valence-corrected chi connectivity index (χ2v) is 5.87. The maximum absolute atomic E-state index is 12.0. The minimum absolute atomic E-state index is 0.0362. The van der Waals surface area contributed by atoms with Crippen LogP contribution in [0.2, 0.25) is 0 Å². The first-order valence-electron chi connectivity index (χ1n) is 6.83. The van der Waals surface area contributed by atoms with Gasteiger partial charge < -0.3 is 15.5 Å². The Kier molecular flexibility index (Phi) is 4.26. The first-order chi connectivity index (χ1) is 9.86. The molecule has 0 atom stereocenters. The van der Waals surface area contributed by atoms with Crippen LogP contribution >= 0.6 is 0 Å². The number of carbonyl (C=O) groups is 1. The van der Waals surface area contributed by atoms with Crippen molar-refractivity contribution < 1.29 is 9.21 Å². The van der Waals surface area contributed by atoms with E-state index in [9.17, 15) is 4.79 Å². The minimum Gasteiger partial charge on any atom is -0.408 e. The number of anilines is 1. The van der Waals surface area contributed by atoms with Gasteiger partial charge in [0.2, 0.25) is 5.89 Å². The zero-order chi connectivity index (χ0) is 15.5. The molecule has 0 aliphatic rings. The first-order valence-corrected chi connectivity index (χ1v) is 6.83. The molecule has 1 aromatic carbocycles. The summed E-state index contributed by atoms with van der Waals surface area (Å²) in [4.78, 5) is 12.0. The second-order valence-electron chi connectivity index (χ2n) is 5.87. The Bertz CT molecular complexity index is 611. The van der Waals surface area contributed by atoms with Crippen molar-refractivity contribution in [2.45, 2.75) is 32.6 Å². The highest BCUT2D eigenvalue weighted by atomic mass is 16.4. The van der Waals surface area contributed by atoms with Crippen LogP contribution in [0.15, 0.2) is 28.7 Å². The van der Waals surface area contributed by atoms with Gasteiger partial charge in [0.1, 0.15) is 0 Å². The molecule has 6 nitrogen and oxygen atoms in total. The zero-order valence-corrected chi connectivity index (χ0v) is 12.5. The number of nitrogens with two attached hydrogens (primary N) is 1. The Morgan fingerprint density at radius 3 is 2.43 bits per heavy atom. The van der Waals surface area contributed by atoms with Gasteiger partial charge in [0.25, 0.3) is 5.91 Å². The van der Waals surface area contributed by atoms with E-state index in [0.717, 1.165) is 0 Å². The Morgan fingerprint density at radius 2 is 1.90 bits per heavy atom. The molecule has 0 aliphatic carbocycles. The summed E-state index contributed by atoms with van der Waals surface area (Å²) in [5.41, 5.74) is 7.23. The van der Waals surface area contributed by atoms with Crippen LogP contribution in [0.3, 0.4) is 0 Å². The molecule has 0 unspecified atom stereocenters. The third kappa shape index (κ3) is 4.05. The van der Waals surface area contributed by atoms with Crippen LogP contribution in [0.5, 0.6) is 0 Å². The zero-order valence-electron chi connectivity index (χ0n) is 12.5. The Balaban J connectivity index is 1.88. The van der Waals surface area contributed by atoms with E-state index in [-0.39, 0.29) is 17.3 Å². The summed E-state index contributed by atoms with van der Waals surface area (Å²) in [6, 6.07) is 7.66. The molecular weight excluding hydrogens is 268 g/mol. The lowest BCUT2D eigenvalue weighted by Crippen LogP contribution is -2.25. The lowest BCUT2D eigenvalue weighted by Gasteiger charge is -2.19. The van der Waals surface area contributed by atoms with Gasteiger partial charge in [0, 0.05) is 18.5 Å². The normalized spacial score (nSPS) is 11.4. The van der Waals surface area contributed by atoms with E-state index < -0.39 is 0 Å². The molecule has 112 valence electrons. The molecule has 21 heavy (non-hydrogen) atoms. The molecule has 2 rings (SSSR count). The number of hydrogen-bond acceptors (Lipinski definition) is 5. The van der Waals surface area contributed by atoms with Gasteiger partial charge in [-0.25, -0.2) is 0 Å². The maximum atomic E-state index is 12.0. The number of aromatic nitrogens is 2. The third-order valence-electron chi connectivity index (χ3n) is 3.12. The summed E-state index contributed by atoms with van der Waals surface area (Å²) in [7, 11) is 0. The van der Waals surface area contributed by atoms with Crippen LogP contribution in [0, 0.1) is 0 Å². The quantitative estimate of drug-likeness (QED) is 0.896. The average Bonchev–Trinajstić information content (AvgIpc) is 2.83. The van der Waals surface area contributed by atoms with Crippen molar-refractivity contribution in [3.63, 3.8) is 0 Å². The highest BCUT2D eigenvalue weighted by Gasteiger charge is 2.14. The van der Waals surface area contributed by atoms with Crippen LogP contribution in [0.25, 0.3) is 0 Å². The molecule has 1 heterocycles. The largest absolute Gasteiger partial charge is 0.408 e. The fourth-order valence-corrected chi connectivity index (χ4v) is 1.87. The lowest BCUT2D eigenvalue weighted by molar-refractivity contribution is 0.0953. The van der Waals surface area contributed by atoms with Crippen molar-refractivity contribution in [1.82, 2.24) is 15.5 Å². The molecule has 0 radical (unpaired) electrons. The monoisotopic (exact) mass is 288 g/mol. The summed E-state index contributed by atoms with van der Waals surface area (Å²) in [5.74, 6) is 0.291. The first kappa shape index (κ1) is 15.0. The van der Waals surface area contributed by atoms with E-state index in [1.54, 1.807) is 0 Å². The lowest BCUT2D eigenvalue weighted by atomic mass is 9.87. The van der Waals surface area contributed by atoms with Crippen LogP contribution < -0.4 is 11.1 Å². The van der Waals surface area contributed by atoms with Gasteiger partial charge >= 0.3 is 6.01 Å². The van der Waals surface area contributed by atoms with Crippen molar-refractivity contribution in [1.29, 1.82) is 0 Å². The molecule has 0 aliphatic heterocycles. The van der Waals surface area contributed by atoms with Crippen molar-refractivity contribution in [2.75, 3.05) is 12.3 Å². The van der Waals surface area contributed by atoms with Crippen molar-refractivity contribution >= 4 is 11.9 Å². The summed E-state index contributed by atoms with van der Waals surface area (Å²) in [6.07, 6.45) is 0.454. The highest BCUT2D eigenvalue weighted by molar-refractivity contribution is 5.94. The van der Waals surface area contributed by atoms with Gasteiger partial charge in [-0.05, 0) is 23.1 Å². The van der Waals surface area contributed by atoms with E-state index in [0.29, 0.717) is 24.4 Å². The molecule has 1 amide bonds. The van der Waals surface area contributed by atoms with Gasteiger partial charge in [-0.15, -0.1) is 5.10 Å². The van der Waals surface area contributed by atoms with E-state index in [1.165, 1.54) is 5.56 Å². The smallest absolute Gasteiger partial charge is 0.312 e. The van der Waals surface area contributed by atoms with Gasteiger partial charge in [0.15, 0.2) is 0 Å². The molecule has 1 aromatic heterocycles. The highest BCUT2D eigenvalue weighted by Crippen LogP contribution is 2.22. The molecule has 0 saturated heterocycles. The van der Waals surface area contributed by atoms with Gasteiger partial charge in [-0.1, -0.05) is 38.0 Å². The van der Waals surface area contributed by atoms with Crippen molar-refractivity contribution in [2.24, 2.45) is 0 Å². The topological polar surface area (TPSA) is 94.0 Å². The van der Waals surface area contributed by atoms with Crippen LogP contribution in [0.4, 0.5) is 6.01 Å². The van der Waals surface area contributed by atoms with Crippen LogP contribution in [0.1, 0.15) is 42.6 Å². The fraction of sp³-hybridized carbons (Fsp3) is 0.400. The number of benzene rings is 1. The maximum Gasteiger partial charge on any atom is 0.312 e. The van der Waals surface area contributed by atoms with E-state index in [1.807, 2.05) is 24.3 Å². The third-order valence-corrected chi connectivity index (χ3v) is 3.12. The SMILES string of the molecule is CC(C)(C)c1ccc(C(=O)NCCc2nnc(N)o2)cc1. The summed E-state index contributed by atoms with van der Waals surface area (Å²) < 4.78 is 5.03. The molecule has 0 fully saturated rings. The van der Waals surface area contributed by atoms with E-state index in [2.05, 4.69) is 36.3 Å². The minimum atomic E-state index is -0.122. The van der Waals surface area contributed by atoms with Crippen LogP contribution in [-0.2, 0) is 11.8 Å². The molecule has 0 bridgehead atoms. The number of rotatable bonds is 4. The number of nitrogens with zero attached hydrogens (tertiary/aromatic N) is 2. The summed E-state index contributed by atoms with van der Waals surface area (Å²) in [6.45, 7) is 6.83. The fourth-order valence-electron chi connectivity index (χ4n) is 1.87. The van der Waals surface area contributed by atoms with Gasteiger partial charge in [-0.2, -0.15) is 0 Å². The van der Waals surface area contributed by atoms with Gasteiger partial charge in [-0.3, -0.25) is 4.79 Å². The predicted molar refractivity (Wildman–Crippen MR) is 79.9 cm³/mol. The van der Waals surface area contributed by atoms with E-state index in [4.69, 9.17) is 10.2 Å². The number of nitrogens with one attached hydrogen (secondary N) is 1. The molecule has 6 heteroatoms. The van der Waals surface area contributed by atoms with Crippen molar-refractivity contribution in [3.8, 4) is 0 Å². The molecule has 2 aromatic rings. The predicted octanol–water partition coefficient (Wildman–Crippen LogP) is 1.92. The Labute approximate surface area is 123 Å². The molecular formula is C15H20N4O2. The molecule has 0 saturated carbocycles. The van der Waals surface area contributed by atoms with Crippen LogP contribution in [-0.4, -0.2) is 22.6 Å². The van der Waals surface area contributed by atoms with E-state index >= 15 is 0 Å². The standard InChI is InChI=1S/C15H20N4O2/c1-15(2,3)11-6-4-10(5-7-11)13(20)17-9-8-12-18-19-14(16)21-12/h4-7H,8-9H2,1-3H3,(H2,16,19)(H,17,20). The van der Waals surface area contributed by atoms with Crippen molar-refractivity contribution in [3.05, 3.63) is 41.3 Å².